The first-order valence-electron chi connectivity index (χ1n) is 9.65. The van der Waals surface area contributed by atoms with Crippen LogP contribution in [0.25, 0.3) is 11.1 Å². The lowest BCUT2D eigenvalue weighted by atomic mass is 9.74. The number of carbonyl (C=O) groups is 2. The van der Waals surface area contributed by atoms with Crippen LogP contribution in [0.15, 0.2) is 48.8 Å². The molecule has 1 aliphatic heterocycles. The van der Waals surface area contributed by atoms with Gasteiger partial charge in [-0.2, -0.15) is 0 Å². The van der Waals surface area contributed by atoms with E-state index in [0.717, 1.165) is 48.9 Å². The first-order valence-corrected chi connectivity index (χ1v) is 9.65. The normalized spacial score (nSPS) is 22.4. The van der Waals surface area contributed by atoms with E-state index in [0.29, 0.717) is 13.0 Å². The minimum atomic E-state index is -0.684. The van der Waals surface area contributed by atoms with Crippen molar-refractivity contribution >= 4 is 11.8 Å². The molecule has 2 fully saturated rings. The Hall–Kier alpha value is -2.69. The van der Waals surface area contributed by atoms with Crippen LogP contribution >= 0.6 is 0 Å². The van der Waals surface area contributed by atoms with Gasteiger partial charge in [-0.05, 0) is 54.9 Å². The van der Waals surface area contributed by atoms with Gasteiger partial charge in [0.2, 0.25) is 11.8 Å². The van der Waals surface area contributed by atoms with Crippen LogP contribution in [0.5, 0.6) is 0 Å². The van der Waals surface area contributed by atoms with E-state index in [2.05, 4.69) is 11.1 Å². The number of primary amides is 1. The summed E-state index contributed by atoms with van der Waals surface area (Å²) in [6, 6.07) is 12.1. The van der Waals surface area contributed by atoms with E-state index in [1.165, 1.54) is 0 Å². The molecule has 1 saturated carbocycles. The Morgan fingerprint density at radius 3 is 2.70 bits per heavy atom. The summed E-state index contributed by atoms with van der Waals surface area (Å²) >= 11 is 0. The molecule has 1 saturated heterocycles. The molecule has 0 radical (unpaired) electrons. The number of hydrogen-bond acceptors (Lipinski definition) is 3. The van der Waals surface area contributed by atoms with Crippen LogP contribution in [0, 0.1) is 11.3 Å². The van der Waals surface area contributed by atoms with Crippen LogP contribution in [0.4, 0.5) is 0 Å². The van der Waals surface area contributed by atoms with E-state index in [4.69, 9.17) is 5.73 Å². The average Bonchev–Trinajstić information content (AvgIpc) is 3.54. The number of piperidine rings is 1. The van der Waals surface area contributed by atoms with Gasteiger partial charge < -0.3 is 10.6 Å². The average molecular weight is 363 g/mol. The van der Waals surface area contributed by atoms with E-state index in [1.807, 2.05) is 41.4 Å². The molecule has 5 heteroatoms. The summed E-state index contributed by atoms with van der Waals surface area (Å²) in [7, 11) is 0. The lowest BCUT2D eigenvalue weighted by Crippen LogP contribution is -2.53. The molecule has 1 atom stereocenters. The molecule has 4 rings (SSSR count). The van der Waals surface area contributed by atoms with Gasteiger partial charge in [0.15, 0.2) is 0 Å². The zero-order valence-corrected chi connectivity index (χ0v) is 15.4. The Morgan fingerprint density at radius 1 is 1.19 bits per heavy atom. The van der Waals surface area contributed by atoms with Crippen LogP contribution in [0.1, 0.15) is 31.2 Å². The van der Waals surface area contributed by atoms with E-state index in [9.17, 15) is 9.59 Å². The first kappa shape index (κ1) is 17.7. The zero-order valence-electron chi connectivity index (χ0n) is 15.4. The number of pyridine rings is 1. The maximum atomic E-state index is 12.5. The van der Waals surface area contributed by atoms with Gasteiger partial charge in [0, 0.05) is 31.4 Å². The third-order valence-corrected chi connectivity index (χ3v) is 5.80. The summed E-state index contributed by atoms with van der Waals surface area (Å²) in [4.78, 5) is 31.0. The maximum Gasteiger partial charge on any atom is 0.225 e. The highest BCUT2D eigenvalue weighted by molar-refractivity contribution is 5.85. The molecule has 0 bridgehead atoms. The molecule has 0 unspecified atom stereocenters. The Labute approximate surface area is 159 Å². The Bertz CT molecular complexity index is 848. The third-order valence-electron chi connectivity index (χ3n) is 5.80. The Morgan fingerprint density at radius 2 is 2.00 bits per heavy atom. The number of aromatic nitrogens is 1. The van der Waals surface area contributed by atoms with Gasteiger partial charge in [-0.1, -0.05) is 30.3 Å². The zero-order chi connectivity index (χ0) is 18.9. The summed E-state index contributed by atoms with van der Waals surface area (Å²) in [5.74, 6) is 0.0644. The number of likely N-dealkylation sites (tertiary alicyclic amines) is 1. The van der Waals surface area contributed by atoms with Crippen molar-refractivity contribution in [2.24, 2.45) is 17.1 Å². The lowest BCUT2D eigenvalue weighted by molar-refractivity contribution is -0.140. The highest BCUT2D eigenvalue weighted by Crippen LogP contribution is 2.38. The summed E-state index contributed by atoms with van der Waals surface area (Å²) in [5, 5.41) is 0. The second-order valence-corrected chi connectivity index (χ2v) is 7.90. The summed E-state index contributed by atoms with van der Waals surface area (Å²) in [6.07, 6.45) is 7.66. The predicted octanol–water partition coefficient (Wildman–Crippen LogP) is 2.80. The van der Waals surface area contributed by atoms with Gasteiger partial charge in [0.05, 0.1) is 5.41 Å². The van der Waals surface area contributed by atoms with Crippen LogP contribution in [0.2, 0.25) is 0 Å². The number of amides is 2. The van der Waals surface area contributed by atoms with Gasteiger partial charge in [-0.25, -0.2) is 0 Å². The van der Waals surface area contributed by atoms with Crippen molar-refractivity contribution in [1.82, 2.24) is 9.88 Å². The van der Waals surface area contributed by atoms with E-state index in [1.54, 1.807) is 6.20 Å². The number of rotatable bonds is 5. The Balaban J connectivity index is 1.58. The van der Waals surface area contributed by atoms with Crippen LogP contribution < -0.4 is 5.73 Å². The summed E-state index contributed by atoms with van der Waals surface area (Å²) in [6.45, 7) is 1.18. The van der Waals surface area contributed by atoms with E-state index >= 15 is 0 Å². The van der Waals surface area contributed by atoms with Crippen molar-refractivity contribution < 1.29 is 9.59 Å². The van der Waals surface area contributed by atoms with Crippen LogP contribution in [-0.2, 0) is 16.0 Å². The second kappa shape index (κ2) is 7.14. The van der Waals surface area contributed by atoms with Crippen molar-refractivity contribution in [3.63, 3.8) is 0 Å². The molecule has 2 aromatic rings. The minimum Gasteiger partial charge on any atom is -0.369 e. The molecule has 27 heavy (non-hydrogen) atoms. The van der Waals surface area contributed by atoms with Gasteiger partial charge in [0.25, 0.3) is 0 Å². The molecule has 140 valence electrons. The summed E-state index contributed by atoms with van der Waals surface area (Å²) in [5.41, 5.74) is 8.36. The number of carbonyl (C=O) groups excluding carboxylic acids is 2. The Kier molecular flexibility index (Phi) is 4.68. The van der Waals surface area contributed by atoms with Crippen molar-refractivity contribution in [3.05, 3.63) is 54.4 Å². The lowest BCUT2D eigenvalue weighted by Gasteiger charge is -2.41. The molecule has 1 aromatic heterocycles. The quantitative estimate of drug-likeness (QED) is 0.887. The van der Waals surface area contributed by atoms with Crippen molar-refractivity contribution in [2.75, 3.05) is 13.1 Å². The molecule has 5 nitrogen and oxygen atoms in total. The molecule has 2 heterocycles. The molecular weight excluding hydrogens is 338 g/mol. The van der Waals surface area contributed by atoms with E-state index < -0.39 is 5.41 Å². The largest absolute Gasteiger partial charge is 0.369 e. The van der Waals surface area contributed by atoms with Crippen LogP contribution in [-0.4, -0.2) is 34.8 Å². The molecular formula is C22H25N3O2. The van der Waals surface area contributed by atoms with Gasteiger partial charge in [-0.15, -0.1) is 0 Å². The van der Waals surface area contributed by atoms with Crippen LogP contribution in [0.3, 0.4) is 0 Å². The molecule has 2 aliphatic rings. The number of hydrogen-bond donors (Lipinski definition) is 1. The highest BCUT2D eigenvalue weighted by atomic mass is 16.2. The predicted molar refractivity (Wildman–Crippen MR) is 104 cm³/mol. The highest BCUT2D eigenvalue weighted by Gasteiger charge is 2.44. The number of nitrogens with two attached hydrogens (primary N) is 1. The smallest absolute Gasteiger partial charge is 0.225 e. The fraction of sp³-hybridized carbons (Fsp3) is 0.409. The van der Waals surface area contributed by atoms with Gasteiger partial charge in [0.1, 0.15) is 0 Å². The third kappa shape index (κ3) is 3.72. The van der Waals surface area contributed by atoms with Crippen molar-refractivity contribution in [2.45, 2.75) is 32.1 Å². The topological polar surface area (TPSA) is 76.3 Å². The summed E-state index contributed by atoms with van der Waals surface area (Å²) < 4.78 is 0. The fourth-order valence-electron chi connectivity index (χ4n) is 4.13. The fourth-order valence-corrected chi connectivity index (χ4v) is 4.13. The van der Waals surface area contributed by atoms with Gasteiger partial charge in [-0.3, -0.25) is 14.6 Å². The SMILES string of the molecule is NC(=O)[C@@]1(Cc2cccc(-c3cccnc3)c2)CCCN(C(=O)C2CC2)C1. The number of benzene rings is 1. The molecule has 2 amide bonds. The standard InChI is InChI=1S/C22H25N3O2/c23-21(27)22(9-3-11-25(15-22)20(26)17-7-8-17)13-16-4-1-5-18(12-16)19-6-2-10-24-14-19/h1-2,4-6,10,12,14,17H,3,7-9,11,13,15H2,(H2,23,27)/t22-/m1/s1. The van der Waals surface area contributed by atoms with Crippen molar-refractivity contribution in [1.29, 1.82) is 0 Å². The first-order chi connectivity index (χ1) is 13.1. The minimum absolute atomic E-state index is 0.169. The molecule has 2 N–H and O–H groups in total. The molecule has 0 spiro atoms. The molecule has 1 aromatic carbocycles. The van der Waals surface area contributed by atoms with Gasteiger partial charge >= 0.3 is 0 Å². The second-order valence-electron chi connectivity index (χ2n) is 7.90. The monoisotopic (exact) mass is 363 g/mol. The van der Waals surface area contributed by atoms with E-state index in [-0.39, 0.29) is 17.7 Å². The molecule has 1 aliphatic carbocycles. The maximum absolute atomic E-state index is 12.5. The van der Waals surface area contributed by atoms with Crippen molar-refractivity contribution in [3.8, 4) is 11.1 Å². The number of nitrogens with zero attached hydrogens (tertiary/aromatic N) is 2.